The largest absolute Gasteiger partial charge is 0.493 e. The molecule has 2 aromatic rings. The lowest BCUT2D eigenvalue weighted by Crippen LogP contribution is -1.95. The number of ether oxygens (including phenoxy) is 2. The van der Waals surface area contributed by atoms with Crippen LogP contribution < -0.4 is 9.47 Å². The molecular weight excluding hydrogens is 266 g/mol. The van der Waals surface area contributed by atoms with Crippen LogP contribution in [0.2, 0.25) is 0 Å². The van der Waals surface area contributed by atoms with Gasteiger partial charge in [-0.3, -0.25) is 0 Å². The van der Waals surface area contributed by atoms with Gasteiger partial charge in [0.1, 0.15) is 11.8 Å². The van der Waals surface area contributed by atoms with Crippen LogP contribution in [0.4, 0.5) is 0 Å². The van der Waals surface area contributed by atoms with Gasteiger partial charge in [-0.25, -0.2) is 0 Å². The van der Waals surface area contributed by atoms with Gasteiger partial charge in [0, 0.05) is 0 Å². The van der Waals surface area contributed by atoms with Crippen LogP contribution in [0.5, 0.6) is 17.2 Å². The highest BCUT2D eigenvalue weighted by Crippen LogP contribution is 2.34. The zero-order valence-electron chi connectivity index (χ0n) is 12.1. The Bertz CT molecular complexity index is 674. The molecule has 0 saturated carbocycles. The molecule has 0 unspecified atom stereocenters. The van der Waals surface area contributed by atoms with Gasteiger partial charge in [-0.05, 0) is 41.8 Å². The molecule has 2 aromatic carbocycles. The summed E-state index contributed by atoms with van der Waals surface area (Å²) < 4.78 is 11.1. The Hall–Kier alpha value is -2.51. The van der Waals surface area contributed by atoms with Crippen molar-refractivity contribution in [1.82, 2.24) is 0 Å². The molecule has 0 atom stereocenters. The minimum atomic E-state index is -0.108. The maximum absolute atomic E-state index is 9.18. The van der Waals surface area contributed by atoms with E-state index in [9.17, 15) is 5.26 Å². The Balaban J connectivity index is 2.36. The highest BCUT2D eigenvalue weighted by Gasteiger charge is 2.10. The number of nitrogens with zero attached hydrogens (tertiary/aromatic N) is 1. The molecule has 0 fully saturated rings. The van der Waals surface area contributed by atoms with Crippen LogP contribution in [0.3, 0.4) is 0 Å². The van der Waals surface area contributed by atoms with Gasteiger partial charge in [-0.15, -0.1) is 0 Å². The minimum absolute atomic E-state index is 0.108. The normalized spacial score (nSPS) is 10.0. The fourth-order valence-corrected chi connectivity index (χ4v) is 1.99. The monoisotopic (exact) mass is 283 g/mol. The smallest absolute Gasteiger partial charge is 0.169 e. The third-order valence-electron chi connectivity index (χ3n) is 3.20. The van der Waals surface area contributed by atoms with Gasteiger partial charge in [-0.2, -0.15) is 5.26 Å². The number of rotatable bonds is 5. The number of hydrogen-bond acceptors (Lipinski definition) is 4. The number of aryl methyl sites for hydroxylation is 1. The van der Waals surface area contributed by atoms with Crippen LogP contribution in [0.25, 0.3) is 0 Å². The summed E-state index contributed by atoms with van der Waals surface area (Å²) in [5.74, 6) is 1.63. The summed E-state index contributed by atoms with van der Waals surface area (Å²) in [7, 11) is 1.59. The number of aliphatic hydroxyl groups excluding tert-OH is 1. The number of hydrogen-bond donors (Lipinski definition) is 1. The van der Waals surface area contributed by atoms with E-state index in [2.05, 4.69) is 13.0 Å². The van der Waals surface area contributed by atoms with Crippen LogP contribution in [-0.4, -0.2) is 12.2 Å². The first-order chi connectivity index (χ1) is 10.2. The number of aliphatic hydroxyl groups is 1. The average molecular weight is 283 g/mol. The summed E-state index contributed by atoms with van der Waals surface area (Å²) in [4.78, 5) is 0. The highest BCUT2D eigenvalue weighted by molar-refractivity contribution is 5.50. The van der Waals surface area contributed by atoms with Gasteiger partial charge in [0.25, 0.3) is 0 Å². The topological polar surface area (TPSA) is 62.5 Å². The summed E-state index contributed by atoms with van der Waals surface area (Å²) in [5, 5.41) is 18.3. The molecule has 1 N–H and O–H groups in total. The second-order valence-corrected chi connectivity index (χ2v) is 4.54. The van der Waals surface area contributed by atoms with Gasteiger partial charge in [-0.1, -0.05) is 19.1 Å². The van der Waals surface area contributed by atoms with E-state index in [1.807, 2.05) is 18.2 Å². The fourth-order valence-electron chi connectivity index (χ4n) is 1.99. The van der Waals surface area contributed by atoms with Crippen molar-refractivity contribution in [3.8, 4) is 23.3 Å². The lowest BCUT2D eigenvalue weighted by molar-refractivity contribution is 0.281. The molecule has 0 aliphatic heterocycles. The molecule has 21 heavy (non-hydrogen) atoms. The first-order valence-electron chi connectivity index (χ1n) is 6.70. The Morgan fingerprint density at radius 3 is 2.38 bits per heavy atom. The predicted molar refractivity (Wildman–Crippen MR) is 79.5 cm³/mol. The minimum Gasteiger partial charge on any atom is -0.493 e. The van der Waals surface area contributed by atoms with Crippen molar-refractivity contribution >= 4 is 0 Å². The van der Waals surface area contributed by atoms with Crippen LogP contribution in [0.1, 0.15) is 23.6 Å². The maximum Gasteiger partial charge on any atom is 0.169 e. The van der Waals surface area contributed by atoms with Crippen molar-refractivity contribution in [3.63, 3.8) is 0 Å². The number of nitriles is 1. The van der Waals surface area contributed by atoms with Crippen LogP contribution in [0, 0.1) is 11.3 Å². The molecule has 108 valence electrons. The maximum atomic E-state index is 9.18. The lowest BCUT2D eigenvalue weighted by Gasteiger charge is -2.13. The molecule has 0 amide bonds. The first kappa shape index (κ1) is 14.9. The quantitative estimate of drug-likeness (QED) is 0.913. The molecular formula is C17H17NO3. The Morgan fingerprint density at radius 1 is 1.05 bits per heavy atom. The van der Waals surface area contributed by atoms with Gasteiger partial charge in [0.15, 0.2) is 11.5 Å². The van der Waals surface area contributed by atoms with E-state index in [0.29, 0.717) is 28.4 Å². The average Bonchev–Trinajstić information content (AvgIpc) is 2.55. The van der Waals surface area contributed by atoms with E-state index in [1.54, 1.807) is 25.3 Å². The lowest BCUT2D eigenvalue weighted by atomic mass is 10.1. The van der Waals surface area contributed by atoms with Gasteiger partial charge >= 0.3 is 0 Å². The van der Waals surface area contributed by atoms with Crippen LogP contribution in [-0.2, 0) is 13.0 Å². The SMILES string of the molecule is CCc1ccc(Oc2ccc(CO)cc2C#N)c(OC)c1. The van der Waals surface area contributed by atoms with Crippen LogP contribution in [0.15, 0.2) is 36.4 Å². The molecule has 0 spiro atoms. The Kier molecular flexibility index (Phi) is 4.81. The van der Waals surface area contributed by atoms with Crippen molar-refractivity contribution in [3.05, 3.63) is 53.1 Å². The predicted octanol–water partition coefficient (Wildman–Crippen LogP) is 3.41. The molecule has 0 saturated heterocycles. The third kappa shape index (κ3) is 3.33. The molecule has 0 bridgehead atoms. The molecule has 4 heteroatoms. The molecule has 0 heterocycles. The fraction of sp³-hybridized carbons (Fsp3) is 0.235. The standard InChI is InChI=1S/C17H17NO3/c1-3-12-4-7-16(17(9-12)20-2)21-15-6-5-13(11-19)8-14(15)10-18/h4-9,19H,3,11H2,1-2H3. The van der Waals surface area contributed by atoms with Gasteiger partial charge in [0.05, 0.1) is 19.3 Å². The van der Waals surface area contributed by atoms with Gasteiger partial charge < -0.3 is 14.6 Å². The Morgan fingerprint density at radius 2 is 1.76 bits per heavy atom. The van der Waals surface area contributed by atoms with Crippen molar-refractivity contribution in [1.29, 1.82) is 5.26 Å². The highest BCUT2D eigenvalue weighted by atomic mass is 16.5. The second kappa shape index (κ2) is 6.78. The summed E-state index contributed by atoms with van der Waals surface area (Å²) in [6, 6.07) is 12.8. The summed E-state index contributed by atoms with van der Waals surface area (Å²) in [6.07, 6.45) is 0.908. The third-order valence-corrected chi connectivity index (χ3v) is 3.20. The van der Waals surface area contributed by atoms with Crippen molar-refractivity contribution in [2.75, 3.05) is 7.11 Å². The Labute approximate surface area is 124 Å². The van der Waals surface area contributed by atoms with Gasteiger partial charge in [0.2, 0.25) is 0 Å². The zero-order chi connectivity index (χ0) is 15.2. The van der Waals surface area contributed by atoms with E-state index in [1.165, 1.54) is 0 Å². The van der Waals surface area contributed by atoms with Crippen LogP contribution >= 0.6 is 0 Å². The zero-order valence-corrected chi connectivity index (χ0v) is 12.1. The van der Waals surface area contributed by atoms with E-state index in [-0.39, 0.29) is 6.61 Å². The molecule has 0 aliphatic carbocycles. The van der Waals surface area contributed by atoms with E-state index in [4.69, 9.17) is 14.6 Å². The first-order valence-corrected chi connectivity index (χ1v) is 6.70. The molecule has 0 aromatic heterocycles. The number of benzene rings is 2. The van der Waals surface area contributed by atoms with Crippen molar-refractivity contribution < 1.29 is 14.6 Å². The van der Waals surface area contributed by atoms with E-state index < -0.39 is 0 Å². The molecule has 0 radical (unpaired) electrons. The van der Waals surface area contributed by atoms with Crippen molar-refractivity contribution in [2.45, 2.75) is 20.0 Å². The summed E-state index contributed by atoms with van der Waals surface area (Å²) in [6.45, 7) is 1.96. The van der Waals surface area contributed by atoms with E-state index >= 15 is 0 Å². The summed E-state index contributed by atoms with van der Waals surface area (Å²) in [5.41, 5.74) is 2.20. The second-order valence-electron chi connectivity index (χ2n) is 4.54. The number of methoxy groups -OCH3 is 1. The van der Waals surface area contributed by atoms with E-state index in [0.717, 1.165) is 12.0 Å². The summed E-state index contributed by atoms with van der Waals surface area (Å²) >= 11 is 0. The molecule has 0 aliphatic rings. The molecule has 2 rings (SSSR count). The van der Waals surface area contributed by atoms with Crippen molar-refractivity contribution in [2.24, 2.45) is 0 Å². The molecule has 4 nitrogen and oxygen atoms in total.